The largest absolute Gasteiger partial charge is 0.326 e. The lowest BCUT2D eigenvalue weighted by atomic mass is 10.1. The molecule has 13 heavy (non-hydrogen) atoms. The molecule has 0 spiro atoms. The predicted molar refractivity (Wildman–Crippen MR) is 56.1 cm³/mol. The molecule has 1 aliphatic heterocycles. The molecule has 0 radical (unpaired) electrons. The molecule has 1 rings (SSSR count). The van der Waals surface area contributed by atoms with Crippen molar-refractivity contribution in [3.05, 3.63) is 36.1 Å². The van der Waals surface area contributed by atoms with Gasteiger partial charge in [0.2, 0.25) is 5.91 Å². The number of carbonyl (C=O) groups is 1. The van der Waals surface area contributed by atoms with E-state index in [-0.39, 0.29) is 5.91 Å². The summed E-state index contributed by atoms with van der Waals surface area (Å²) in [5, 5.41) is 2.74. The Balaban J connectivity index is 0.000000671. The van der Waals surface area contributed by atoms with Crippen molar-refractivity contribution in [2.24, 2.45) is 0 Å². The average molecular weight is 179 g/mol. The Morgan fingerprint density at radius 1 is 1.46 bits per heavy atom. The van der Waals surface area contributed by atoms with Crippen LogP contribution < -0.4 is 5.32 Å². The fourth-order valence-corrected chi connectivity index (χ4v) is 1.09. The molecule has 1 N–H and O–H groups in total. The summed E-state index contributed by atoms with van der Waals surface area (Å²) in [4.78, 5) is 10.9. The first kappa shape index (κ1) is 11.7. The van der Waals surface area contributed by atoms with Crippen LogP contribution in [0.4, 0.5) is 0 Å². The van der Waals surface area contributed by atoms with Gasteiger partial charge in [0.25, 0.3) is 0 Å². The van der Waals surface area contributed by atoms with Crippen molar-refractivity contribution in [3.8, 4) is 0 Å². The van der Waals surface area contributed by atoms with Gasteiger partial charge in [0.1, 0.15) is 0 Å². The maximum atomic E-state index is 10.9. The van der Waals surface area contributed by atoms with E-state index in [1.807, 2.05) is 32.9 Å². The van der Waals surface area contributed by atoms with Crippen molar-refractivity contribution in [3.63, 3.8) is 0 Å². The summed E-state index contributed by atoms with van der Waals surface area (Å²) in [6.07, 6.45) is 5.91. The van der Waals surface area contributed by atoms with Crippen LogP contribution in [0.3, 0.4) is 0 Å². The number of nitrogens with one attached hydrogen (secondary N) is 1. The fourth-order valence-electron chi connectivity index (χ4n) is 1.09. The number of hydrogen-bond acceptors (Lipinski definition) is 1. The van der Waals surface area contributed by atoms with Gasteiger partial charge in [-0.05, 0) is 12.5 Å². The van der Waals surface area contributed by atoms with E-state index in [1.54, 1.807) is 6.08 Å². The molecule has 1 amide bonds. The SMILES string of the molecule is C=C/C=C1/CC(=O)N/C1=C/C.CC. The minimum Gasteiger partial charge on any atom is -0.326 e. The highest BCUT2D eigenvalue weighted by Gasteiger charge is 2.18. The maximum absolute atomic E-state index is 10.9. The van der Waals surface area contributed by atoms with Crippen LogP contribution in [0.15, 0.2) is 36.1 Å². The summed E-state index contributed by atoms with van der Waals surface area (Å²) in [6.45, 7) is 9.48. The van der Waals surface area contributed by atoms with Crippen molar-refractivity contribution < 1.29 is 4.79 Å². The topological polar surface area (TPSA) is 29.1 Å². The van der Waals surface area contributed by atoms with Crippen LogP contribution in [0.1, 0.15) is 27.2 Å². The van der Waals surface area contributed by atoms with Crippen LogP contribution in [0.25, 0.3) is 0 Å². The van der Waals surface area contributed by atoms with E-state index in [0.717, 1.165) is 11.3 Å². The molecule has 0 aromatic carbocycles. The molecule has 1 aliphatic rings. The summed E-state index contributed by atoms with van der Waals surface area (Å²) < 4.78 is 0. The molecular formula is C11H17NO. The van der Waals surface area contributed by atoms with Gasteiger partial charge in [-0.3, -0.25) is 4.79 Å². The Labute approximate surface area is 80.0 Å². The first-order valence-electron chi connectivity index (χ1n) is 4.56. The molecule has 0 atom stereocenters. The van der Waals surface area contributed by atoms with E-state index in [0.29, 0.717) is 6.42 Å². The molecule has 1 saturated heterocycles. The van der Waals surface area contributed by atoms with Crippen molar-refractivity contribution >= 4 is 5.91 Å². The number of hydrogen-bond donors (Lipinski definition) is 1. The first-order valence-corrected chi connectivity index (χ1v) is 4.56. The molecule has 0 aliphatic carbocycles. The van der Waals surface area contributed by atoms with Gasteiger partial charge in [0, 0.05) is 5.70 Å². The Bertz CT molecular complexity index is 249. The summed E-state index contributed by atoms with van der Waals surface area (Å²) in [7, 11) is 0. The lowest BCUT2D eigenvalue weighted by Gasteiger charge is -1.94. The van der Waals surface area contributed by atoms with E-state index >= 15 is 0 Å². The van der Waals surface area contributed by atoms with E-state index in [4.69, 9.17) is 0 Å². The van der Waals surface area contributed by atoms with E-state index < -0.39 is 0 Å². The van der Waals surface area contributed by atoms with Crippen LogP contribution >= 0.6 is 0 Å². The van der Waals surface area contributed by atoms with Crippen LogP contribution in [0.2, 0.25) is 0 Å². The highest BCUT2D eigenvalue weighted by Crippen LogP contribution is 2.18. The molecule has 1 fully saturated rings. The van der Waals surface area contributed by atoms with E-state index in [9.17, 15) is 4.79 Å². The van der Waals surface area contributed by atoms with Gasteiger partial charge in [0.05, 0.1) is 6.42 Å². The van der Waals surface area contributed by atoms with Crippen molar-refractivity contribution in [2.45, 2.75) is 27.2 Å². The Kier molecular flexibility index (Phi) is 5.60. The zero-order valence-corrected chi connectivity index (χ0v) is 8.55. The molecule has 0 bridgehead atoms. The third-order valence-corrected chi connectivity index (χ3v) is 1.58. The van der Waals surface area contributed by atoms with Gasteiger partial charge in [0.15, 0.2) is 0 Å². The minimum atomic E-state index is 0.0613. The van der Waals surface area contributed by atoms with Crippen LogP contribution in [0.5, 0.6) is 0 Å². The monoisotopic (exact) mass is 179 g/mol. The highest BCUT2D eigenvalue weighted by molar-refractivity contribution is 5.86. The molecule has 0 aromatic heterocycles. The van der Waals surface area contributed by atoms with Crippen molar-refractivity contribution in [1.82, 2.24) is 5.32 Å². The molecule has 72 valence electrons. The number of amides is 1. The normalized spacial score (nSPS) is 21.0. The van der Waals surface area contributed by atoms with Gasteiger partial charge in [-0.15, -0.1) is 0 Å². The fraction of sp³-hybridized carbons (Fsp3) is 0.364. The van der Waals surface area contributed by atoms with Gasteiger partial charge in [-0.2, -0.15) is 0 Å². The van der Waals surface area contributed by atoms with Crippen molar-refractivity contribution in [2.75, 3.05) is 0 Å². The lowest BCUT2D eigenvalue weighted by Crippen LogP contribution is -2.11. The predicted octanol–water partition coefficient (Wildman–Crippen LogP) is 2.55. The van der Waals surface area contributed by atoms with E-state index in [1.165, 1.54) is 0 Å². The summed E-state index contributed by atoms with van der Waals surface area (Å²) in [5.41, 5.74) is 1.93. The smallest absolute Gasteiger partial charge is 0.228 e. The molecule has 0 aromatic rings. The molecule has 0 unspecified atom stereocenters. The third-order valence-electron chi connectivity index (χ3n) is 1.58. The molecule has 1 heterocycles. The maximum Gasteiger partial charge on any atom is 0.228 e. The lowest BCUT2D eigenvalue weighted by molar-refractivity contribution is -0.118. The van der Waals surface area contributed by atoms with Crippen LogP contribution in [-0.2, 0) is 4.79 Å². The van der Waals surface area contributed by atoms with Gasteiger partial charge >= 0.3 is 0 Å². The quantitative estimate of drug-likeness (QED) is 0.658. The molecule has 2 heteroatoms. The van der Waals surface area contributed by atoms with Gasteiger partial charge < -0.3 is 5.32 Å². The Morgan fingerprint density at radius 2 is 2.08 bits per heavy atom. The highest BCUT2D eigenvalue weighted by atomic mass is 16.1. The van der Waals surface area contributed by atoms with Crippen molar-refractivity contribution in [1.29, 1.82) is 0 Å². The number of allylic oxidation sites excluding steroid dienone is 4. The minimum absolute atomic E-state index is 0.0613. The molecule has 0 saturated carbocycles. The Morgan fingerprint density at radius 3 is 2.54 bits per heavy atom. The average Bonchev–Trinajstić information content (AvgIpc) is 2.50. The van der Waals surface area contributed by atoms with Gasteiger partial charge in [-0.1, -0.05) is 38.7 Å². The number of carbonyl (C=O) groups excluding carboxylic acids is 1. The number of rotatable bonds is 1. The Hall–Kier alpha value is -1.31. The molecular weight excluding hydrogens is 162 g/mol. The zero-order chi connectivity index (χ0) is 10.3. The summed E-state index contributed by atoms with van der Waals surface area (Å²) in [6, 6.07) is 0. The standard InChI is InChI=1S/C9H11NO.C2H6/c1-3-5-7-6-9(11)10-8(7)4-2;1-2/h3-5H,1,6H2,2H3,(H,10,11);1-2H3/b7-5-,8-4+;. The second-order valence-electron chi connectivity index (χ2n) is 2.35. The van der Waals surface area contributed by atoms with E-state index in [2.05, 4.69) is 11.9 Å². The zero-order valence-electron chi connectivity index (χ0n) is 8.55. The summed E-state index contributed by atoms with van der Waals surface area (Å²) in [5.74, 6) is 0.0613. The second kappa shape index (κ2) is 6.23. The van der Waals surface area contributed by atoms with Gasteiger partial charge in [-0.25, -0.2) is 0 Å². The third kappa shape index (κ3) is 3.28. The summed E-state index contributed by atoms with van der Waals surface area (Å²) >= 11 is 0. The van der Waals surface area contributed by atoms with Crippen LogP contribution in [0, 0.1) is 0 Å². The second-order valence-corrected chi connectivity index (χ2v) is 2.35. The molecule has 2 nitrogen and oxygen atoms in total. The van der Waals surface area contributed by atoms with Crippen LogP contribution in [-0.4, -0.2) is 5.91 Å². The first-order chi connectivity index (χ1) is 6.27.